The van der Waals surface area contributed by atoms with Gasteiger partial charge in [-0.25, -0.2) is 0 Å². The standard InChI is InChI=1S/C30H35N3O/c1-23-11-13-28(29-10-6-7-24(2)32-29)21-27(23)15-18-31-22-26-16-19-33(20-17-26)30(34)14-12-25-8-4-3-5-9-25/h3-11,13,15,18,21,26,31H,12,14,16-17,19-20,22H2,1-2H3/b18-15-. The van der Waals surface area contributed by atoms with Gasteiger partial charge in [-0.1, -0.05) is 48.5 Å². The number of hydrogen-bond acceptors (Lipinski definition) is 3. The molecule has 0 unspecified atom stereocenters. The van der Waals surface area contributed by atoms with Crippen LogP contribution in [0.2, 0.25) is 0 Å². The molecule has 2 aromatic carbocycles. The third-order valence-electron chi connectivity index (χ3n) is 6.69. The van der Waals surface area contributed by atoms with Crippen molar-refractivity contribution in [2.75, 3.05) is 19.6 Å². The molecule has 176 valence electrons. The fourth-order valence-electron chi connectivity index (χ4n) is 4.51. The number of piperidine rings is 1. The monoisotopic (exact) mass is 453 g/mol. The highest BCUT2D eigenvalue weighted by Crippen LogP contribution is 2.22. The maximum Gasteiger partial charge on any atom is 0.222 e. The van der Waals surface area contributed by atoms with Crippen molar-refractivity contribution in [2.45, 2.75) is 39.5 Å². The molecule has 3 aromatic rings. The van der Waals surface area contributed by atoms with Gasteiger partial charge < -0.3 is 10.2 Å². The van der Waals surface area contributed by atoms with Crippen LogP contribution >= 0.6 is 0 Å². The second-order valence-electron chi connectivity index (χ2n) is 9.29. The van der Waals surface area contributed by atoms with E-state index in [2.05, 4.69) is 72.0 Å². The van der Waals surface area contributed by atoms with E-state index in [4.69, 9.17) is 0 Å². The third-order valence-corrected chi connectivity index (χ3v) is 6.69. The zero-order valence-electron chi connectivity index (χ0n) is 20.3. The molecule has 1 amide bonds. The first kappa shape index (κ1) is 23.7. The van der Waals surface area contributed by atoms with E-state index in [0.29, 0.717) is 12.3 Å². The number of pyridine rings is 1. The summed E-state index contributed by atoms with van der Waals surface area (Å²) in [4.78, 5) is 19.3. The first-order valence-electron chi connectivity index (χ1n) is 12.3. The molecule has 0 bridgehead atoms. The van der Waals surface area contributed by atoms with Gasteiger partial charge in [0.2, 0.25) is 5.91 Å². The minimum absolute atomic E-state index is 0.286. The van der Waals surface area contributed by atoms with Crippen molar-refractivity contribution in [3.05, 3.63) is 95.3 Å². The minimum Gasteiger partial charge on any atom is -0.391 e. The van der Waals surface area contributed by atoms with Crippen LogP contribution < -0.4 is 5.32 Å². The van der Waals surface area contributed by atoms with Crippen LogP contribution in [0.4, 0.5) is 0 Å². The molecule has 0 spiro atoms. The van der Waals surface area contributed by atoms with Gasteiger partial charge in [0.05, 0.1) is 5.69 Å². The number of carbonyl (C=O) groups excluding carboxylic acids is 1. The lowest BCUT2D eigenvalue weighted by Gasteiger charge is -2.32. The lowest BCUT2D eigenvalue weighted by molar-refractivity contribution is -0.132. The quantitative estimate of drug-likeness (QED) is 0.469. The summed E-state index contributed by atoms with van der Waals surface area (Å²) in [5.74, 6) is 0.889. The van der Waals surface area contributed by atoms with Crippen LogP contribution in [0.15, 0.2) is 72.9 Å². The Labute approximate surface area is 203 Å². The van der Waals surface area contributed by atoms with Crippen LogP contribution in [0, 0.1) is 19.8 Å². The Morgan fingerprint density at radius 2 is 1.82 bits per heavy atom. The first-order chi connectivity index (χ1) is 16.6. The predicted molar refractivity (Wildman–Crippen MR) is 140 cm³/mol. The van der Waals surface area contributed by atoms with E-state index in [1.54, 1.807) is 0 Å². The van der Waals surface area contributed by atoms with Crippen molar-refractivity contribution in [1.29, 1.82) is 0 Å². The number of hydrogen-bond donors (Lipinski definition) is 1. The summed E-state index contributed by atoms with van der Waals surface area (Å²) in [5.41, 5.74) is 6.85. The number of aryl methyl sites for hydroxylation is 3. The van der Waals surface area contributed by atoms with E-state index >= 15 is 0 Å². The number of nitrogens with one attached hydrogen (secondary N) is 1. The molecular formula is C30H35N3O. The zero-order valence-corrected chi connectivity index (χ0v) is 20.3. The summed E-state index contributed by atoms with van der Waals surface area (Å²) < 4.78 is 0. The molecule has 34 heavy (non-hydrogen) atoms. The van der Waals surface area contributed by atoms with Crippen LogP contribution in [-0.4, -0.2) is 35.4 Å². The number of amides is 1. The number of carbonyl (C=O) groups is 1. The molecule has 4 heteroatoms. The molecule has 1 N–H and O–H groups in total. The molecule has 1 fully saturated rings. The molecule has 0 saturated carbocycles. The van der Waals surface area contributed by atoms with Gasteiger partial charge in [-0.15, -0.1) is 0 Å². The van der Waals surface area contributed by atoms with E-state index in [-0.39, 0.29) is 5.91 Å². The van der Waals surface area contributed by atoms with Gasteiger partial charge in [0, 0.05) is 37.3 Å². The van der Waals surface area contributed by atoms with Crippen molar-refractivity contribution < 1.29 is 4.79 Å². The molecule has 2 heterocycles. The van der Waals surface area contributed by atoms with Gasteiger partial charge in [-0.05, 0) is 86.2 Å². The second-order valence-corrected chi connectivity index (χ2v) is 9.29. The molecule has 1 aromatic heterocycles. The molecule has 4 nitrogen and oxygen atoms in total. The van der Waals surface area contributed by atoms with E-state index in [0.717, 1.165) is 55.8 Å². The summed E-state index contributed by atoms with van der Waals surface area (Å²) in [6.07, 6.45) is 7.76. The fourth-order valence-corrected chi connectivity index (χ4v) is 4.51. The maximum absolute atomic E-state index is 12.6. The molecule has 0 radical (unpaired) electrons. The molecule has 1 saturated heterocycles. The van der Waals surface area contributed by atoms with E-state index in [1.807, 2.05) is 36.1 Å². The number of aromatic nitrogens is 1. The Kier molecular flexibility index (Phi) is 8.13. The summed E-state index contributed by atoms with van der Waals surface area (Å²) in [7, 11) is 0. The largest absolute Gasteiger partial charge is 0.391 e. The van der Waals surface area contributed by atoms with Crippen molar-refractivity contribution in [3.63, 3.8) is 0 Å². The van der Waals surface area contributed by atoms with Crippen LogP contribution in [-0.2, 0) is 11.2 Å². The van der Waals surface area contributed by atoms with Gasteiger partial charge in [0.1, 0.15) is 0 Å². The van der Waals surface area contributed by atoms with Crippen molar-refractivity contribution in [3.8, 4) is 11.3 Å². The highest BCUT2D eigenvalue weighted by molar-refractivity contribution is 5.76. The van der Waals surface area contributed by atoms with Gasteiger partial charge in [0.15, 0.2) is 0 Å². The fraction of sp³-hybridized carbons (Fsp3) is 0.333. The second kappa shape index (κ2) is 11.6. The normalized spacial score (nSPS) is 14.5. The Hall–Kier alpha value is -3.40. The van der Waals surface area contributed by atoms with Gasteiger partial charge in [-0.2, -0.15) is 0 Å². The van der Waals surface area contributed by atoms with Crippen molar-refractivity contribution in [2.24, 2.45) is 5.92 Å². The van der Waals surface area contributed by atoms with Crippen LogP contribution in [0.1, 0.15) is 41.6 Å². The topological polar surface area (TPSA) is 45.2 Å². The van der Waals surface area contributed by atoms with E-state index in [9.17, 15) is 4.79 Å². The summed E-state index contributed by atoms with van der Waals surface area (Å²) in [6, 6.07) is 22.9. The number of rotatable bonds is 8. The highest BCUT2D eigenvalue weighted by Gasteiger charge is 2.22. The van der Waals surface area contributed by atoms with Crippen molar-refractivity contribution >= 4 is 12.0 Å². The van der Waals surface area contributed by atoms with E-state index < -0.39 is 0 Å². The zero-order chi connectivity index (χ0) is 23.8. The molecule has 0 aliphatic carbocycles. The third kappa shape index (κ3) is 6.57. The molecule has 1 aliphatic rings. The van der Waals surface area contributed by atoms with Crippen LogP contribution in [0.5, 0.6) is 0 Å². The van der Waals surface area contributed by atoms with Gasteiger partial charge >= 0.3 is 0 Å². The number of likely N-dealkylation sites (tertiary alicyclic amines) is 1. The lowest BCUT2D eigenvalue weighted by Crippen LogP contribution is -2.40. The Morgan fingerprint density at radius 1 is 1.03 bits per heavy atom. The molecule has 4 rings (SSSR count). The maximum atomic E-state index is 12.6. The molecular weight excluding hydrogens is 418 g/mol. The van der Waals surface area contributed by atoms with Gasteiger partial charge in [0.25, 0.3) is 0 Å². The summed E-state index contributed by atoms with van der Waals surface area (Å²) >= 11 is 0. The lowest BCUT2D eigenvalue weighted by atomic mass is 9.96. The highest BCUT2D eigenvalue weighted by atomic mass is 16.2. The summed E-state index contributed by atoms with van der Waals surface area (Å²) in [6.45, 7) is 6.84. The Morgan fingerprint density at radius 3 is 2.59 bits per heavy atom. The summed E-state index contributed by atoms with van der Waals surface area (Å²) in [5, 5.41) is 3.49. The van der Waals surface area contributed by atoms with Crippen LogP contribution in [0.3, 0.4) is 0 Å². The van der Waals surface area contributed by atoms with E-state index in [1.165, 1.54) is 16.7 Å². The smallest absolute Gasteiger partial charge is 0.222 e. The average Bonchev–Trinajstić information content (AvgIpc) is 2.87. The van der Waals surface area contributed by atoms with Gasteiger partial charge in [-0.3, -0.25) is 9.78 Å². The number of benzene rings is 2. The Bertz CT molecular complexity index is 1110. The molecule has 0 atom stereocenters. The average molecular weight is 454 g/mol. The van der Waals surface area contributed by atoms with Crippen LogP contribution in [0.25, 0.3) is 17.3 Å². The first-order valence-corrected chi connectivity index (χ1v) is 12.3. The predicted octanol–water partition coefficient (Wildman–Crippen LogP) is 5.80. The van der Waals surface area contributed by atoms with Crippen molar-refractivity contribution in [1.82, 2.24) is 15.2 Å². The number of nitrogens with zero attached hydrogens (tertiary/aromatic N) is 2. The Balaban J connectivity index is 1.22. The minimum atomic E-state index is 0.286. The SMILES string of the molecule is Cc1cccc(-c2ccc(C)c(/C=C\NCC3CCN(C(=O)CCc4ccccc4)CC3)c2)n1. The molecule has 1 aliphatic heterocycles.